The summed E-state index contributed by atoms with van der Waals surface area (Å²) in [4.78, 5) is 0. The Hall–Kier alpha value is 0.594. The van der Waals surface area contributed by atoms with Crippen LogP contribution in [0.25, 0.3) is 0 Å². The van der Waals surface area contributed by atoms with Gasteiger partial charge in [0.15, 0.2) is 0 Å². The van der Waals surface area contributed by atoms with Crippen LogP contribution in [0.5, 0.6) is 0 Å². The fraction of sp³-hybridized carbons (Fsp3) is 0.857. The fourth-order valence-corrected chi connectivity index (χ4v) is 0.289. The van der Waals surface area contributed by atoms with Gasteiger partial charge in [-0.2, -0.15) is 6.42 Å². The Morgan fingerprint density at radius 2 is 1.55 bits per heavy atom. The molecule has 0 aromatic rings. The van der Waals surface area contributed by atoms with E-state index < -0.39 is 0 Å². The molecule has 0 aliphatic carbocycles. The van der Waals surface area contributed by atoms with E-state index in [1.165, 1.54) is 12.8 Å². The van der Waals surface area contributed by atoms with Crippen molar-refractivity contribution in [2.75, 3.05) is 21.3 Å². The summed E-state index contributed by atoms with van der Waals surface area (Å²) in [7, 11) is 3.93. The minimum Gasteiger partial charge on any atom is -0.472 e. The molecule has 70 valence electrons. The van der Waals surface area contributed by atoms with Crippen molar-refractivity contribution in [3.05, 3.63) is 6.54 Å². The van der Waals surface area contributed by atoms with E-state index in [0.717, 1.165) is 14.2 Å². The topological polar surface area (TPSA) is 52.5 Å². The van der Waals surface area contributed by atoms with Crippen molar-refractivity contribution >= 4 is 0 Å². The van der Waals surface area contributed by atoms with Gasteiger partial charge in [0, 0.05) is 35.9 Å². The van der Waals surface area contributed by atoms with Gasteiger partial charge in [0.05, 0.1) is 0 Å². The van der Waals surface area contributed by atoms with Gasteiger partial charge in [-0.1, -0.05) is 13.3 Å². The predicted octanol–water partition coefficient (Wildman–Crippen LogP) is 0.382. The van der Waals surface area contributed by atoms with Crippen LogP contribution in [0.4, 0.5) is 0 Å². The summed E-state index contributed by atoms with van der Waals surface area (Å²) in [5.74, 6) is 0. The summed E-state index contributed by atoms with van der Waals surface area (Å²) in [6.07, 6.45) is 2.41. The largest absolute Gasteiger partial charge is 0.472 e. The molecule has 3 N–H and O–H groups in total. The van der Waals surface area contributed by atoms with E-state index in [4.69, 9.17) is 10.2 Å². The minimum atomic E-state index is 0. The Bertz CT molecular complexity index is 28.4. The third-order valence-electron chi connectivity index (χ3n) is 0.637. The third kappa shape index (κ3) is 60.6. The van der Waals surface area contributed by atoms with Gasteiger partial charge in [-0.3, -0.25) is 6.54 Å². The van der Waals surface area contributed by atoms with Gasteiger partial charge in [-0.05, 0) is 7.05 Å². The van der Waals surface area contributed by atoms with Crippen LogP contribution in [0.3, 0.4) is 0 Å². The number of aliphatic hydroxyl groups excluding tert-OH is 2. The summed E-state index contributed by atoms with van der Waals surface area (Å²) >= 11 is 0. The van der Waals surface area contributed by atoms with Crippen LogP contribution in [0.15, 0.2) is 0 Å². The first-order chi connectivity index (χ1) is 4.91. The van der Waals surface area contributed by atoms with E-state index in [9.17, 15) is 0 Å². The molecule has 0 fully saturated rings. The molecule has 11 heavy (non-hydrogen) atoms. The molecule has 0 aromatic carbocycles. The molecule has 0 saturated heterocycles. The molecule has 0 aliphatic heterocycles. The predicted molar refractivity (Wildman–Crippen MR) is 44.6 cm³/mol. The molecule has 0 saturated carbocycles. The maximum atomic E-state index is 7.00. The van der Waals surface area contributed by atoms with Crippen molar-refractivity contribution in [1.82, 2.24) is 5.32 Å². The number of nitrogens with one attached hydrogen (secondary N) is 1. The van der Waals surface area contributed by atoms with Crippen LogP contribution in [0.1, 0.15) is 19.8 Å². The Kier molecular flexibility index (Phi) is 94.8. The van der Waals surface area contributed by atoms with Crippen molar-refractivity contribution in [1.29, 1.82) is 0 Å². The molecule has 0 amide bonds. The van der Waals surface area contributed by atoms with E-state index in [-0.39, 0.29) is 21.7 Å². The maximum absolute atomic E-state index is 7.00. The molecule has 0 radical (unpaired) electrons. The van der Waals surface area contributed by atoms with Crippen LogP contribution in [0, 0.1) is 6.54 Å². The van der Waals surface area contributed by atoms with Gasteiger partial charge in [0.25, 0.3) is 0 Å². The molecular formula is C7H20NO2Ti-. The summed E-state index contributed by atoms with van der Waals surface area (Å²) in [6.45, 7) is 4.22. The van der Waals surface area contributed by atoms with E-state index in [0.29, 0.717) is 0 Å². The van der Waals surface area contributed by atoms with Crippen LogP contribution in [-0.2, 0) is 21.7 Å². The summed E-state index contributed by atoms with van der Waals surface area (Å²) in [6, 6.07) is 0. The van der Waals surface area contributed by atoms with Crippen molar-refractivity contribution < 1.29 is 31.9 Å². The molecular weight excluding hydrogens is 178 g/mol. The molecule has 0 unspecified atom stereocenters. The Morgan fingerprint density at radius 1 is 1.18 bits per heavy atom. The van der Waals surface area contributed by atoms with Gasteiger partial charge < -0.3 is 15.5 Å². The Balaban J connectivity index is -0.0000000428. The van der Waals surface area contributed by atoms with Crippen LogP contribution in [0.2, 0.25) is 0 Å². The molecule has 3 nitrogen and oxygen atoms in total. The van der Waals surface area contributed by atoms with Gasteiger partial charge in [-0.15, -0.1) is 0 Å². The monoisotopic (exact) mass is 198 g/mol. The van der Waals surface area contributed by atoms with Crippen molar-refractivity contribution in [2.24, 2.45) is 0 Å². The molecule has 0 rings (SSSR count). The standard InChI is InChI=1S/C5H12N.2CH4O.Ti/c1-3-4-5-6-2;2*1-2;/h5-6H,3-4H2,1-2H3;2*2H,1H3;/q-1;;;. The maximum Gasteiger partial charge on any atom is 0.0319 e. The van der Waals surface area contributed by atoms with Crippen molar-refractivity contribution in [3.8, 4) is 0 Å². The molecule has 0 aromatic heterocycles. The molecule has 0 atom stereocenters. The second-order valence-corrected chi connectivity index (χ2v) is 1.28. The number of hydrogen-bond acceptors (Lipinski definition) is 3. The van der Waals surface area contributed by atoms with Crippen molar-refractivity contribution in [3.63, 3.8) is 0 Å². The average molecular weight is 198 g/mol. The number of rotatable bonds is 3. The zero-order valence-corrected chi connectivity index (χ0v) is 9.45. The first-order valence-electron chi connectivity index (χ1n) is 3.30. The summed E-state index contributed by atoms with van der Waals surface area (Å²) in [5.41, 5.74) is 0. The molecule has 0 bridgehead atoms. The van der Waals surface area contributed by atoms with E-state index in [1.54, 1.807) is 0 Å². The Labute approximate surface area is 85.1 Å². The van der Waals surface area contributed by atoms with E-state index in [1.807, 2.05) is 7.05 Å². The second-order valence-electron chi connectivity index (χ2n) is 1.28. The number of hydrogen-bond donors (Lipinski definition) is 3. The molecule has 4 heteroatoms. The molecule has 0 spiro atoms. The Morgan fingerprint density at radius 3 is 1.64 bits per heavy atom. The average Bonchev–Trinajstić information content (AvgIpc) is 2.08. The zero-order valence-electron chi connectivity index (χ0n) is 7.89. The van der Waals surface area contributed by atoms with E-state index in [2.05, 4.69) is 18.8 Å². The van der Waals surface area contributed by atoms with Gasteiger partial charge >= 0.3 is 0 Å². The second kappa shape index (κ2) is 46.2. The summed E-state index contributed by atoms with van der Waals surface area (Å²) in [5, 5.41) is 16.9. The normalized spacial score (nSPS) is 6.00. The first-order valence-corrected chi connectivity index (χ1v) is 3.30. The smallest absolute Gasteiger partial charge is 0.0319 e. The zero-order chi connectivity index (χ0) is 8.83. The van der Waals surface area contributed by atoms with Crippen LogP contribution < -0.4 is 5.32 Å². The fourth-order valence-electron chi connectivity index (χ4n) is 0.289. The first kappa shape index (κ1) is 22.6. The minimum absolute atomic E-state index is 0. The third-order valence-corrected chi connectivity index (χ3v) is 0.637. The molecule has 0 aliphatic rings. The van der Waals surface area contributed by atoms with Gasteiger partial charge in [-0.25, -0.2) is 0 Å². The number of aliphatic hydroxyl groups is 2. The van der Waals surface area contributed by atoms with E-state index >= 15 is 0 Å². The van der Waals surface area contributed by atoms with Crippen LogP contribution in [-0.4, -0.2) is 31.5 Å². The molecule has 0 heterocycles. The van der Waals surface area contributed by atoms with Crippen LogP contribution >= 0.6 is 0 Å². The van der Waals surface area contributed by atoms with Crippen molar-refractivity contribution in [2.45, 2.75) is 19.8 Å². The van der Waals surface area contributed by atoms with Gasteiger partial charge in [0.2, 0.25) is 0 Å². The quantitative estimate of drug-likeness (QED) is 0.349. The SMILES string of the molecule is CCC[CH-]NC.CO.CO.[Ti]. The summed E-state index contributed by atoms with van der Waals surface area (Å²) < 4.78 is 0. The number of unbranched alkanes of at least 4 members (excludes halogenated alkanes) is 1. The van der Waals surface area contributed by atoms with Gasteiger partial charge in [0.1, 0.15) is 0 Å².